The minimum absolute atomic E-state index is 0.0620. The van der Waals surface area contributed by atoms with Gasteiger partial charge < -0.3 is 10.6 Å². The number of carbonyl (C=O) groups excluding carboxylic acids is 1. The van der Waals surface area contributed by atoms with Crippen LogP contribution < -0.4 is 10.6 Å². The molecule has 4 nitrogen and oxygen atoms in total. The van der Waals surface area contributed by atoms with E-state index < -0.39 is 0 Å². The maximum Gasteiger partial charge on any atom is 0.246 e. The molecule has 0 bridgehead atoms. The first-order valence-electron chi connectivity index (χ1n) is 7.64. The van der Waals surface area contributed by atoms with Crippen LogP contribution >= 0.6 is 23.1 Å². The molecule has 0 aliphatic carbocycles. The lowest BCUT2D eigenvalue weighted by atomic mass is 10.2. The number of thiazole rings is 1. The maximum absolute atomic E-state index is 12.3. The van der Waals surface area contributed by atoms with Crippen LogP contribution in [0.3, 0.4) is 0 Å². The molecule has 0 fully saturated rings. The molecule has 0 aliphatic rings. The van der Waals surface area contributed by atoms with Crippen molar-refractivity contribution in [2.24, 2.45) is 0 Å². The predicted octanol–water partition coefficient (Wildman–Crippen LogP) is 4.77. The molecule has 3 rings (SSSR count). The van der Waals surface area contributed by atoms with Gasteiger partial charge in [-0.25, -0.2) is 4.98 Å². The average Bonchev–Trinajstić information content (AvgIpc) is 2.99. The third-order valence-electron chi connectivity index (χ3n) is 3.64. The highest BCUT2D eigenvalue weighted by Crippen LogP contribution is 2.30. The predicted molar refractivity (Wildman–Crippen MR) is 104 cm³/mol. The first-order valence-corrected chi connectivity index (χ1v) is 9.68. The molecule has 124 valence electrons. The van der Waals surface area contributed by atoms with Gasteiger partial charge in [-0.2, -0.15) is 0 Å². The van der Waals surface area contributed by atoms with E-state index in [1.54, 1.807) is 23.1 Å². The van der Waals surface area contributed by atoms with E-state index in [0.29, 0.717) is 0 Å². The van der Waals surface area contributed by atoms with Gasteiger partial charge in [0.2, 0.25) is 5.91 Å². The molecular weight excluding hydrogens is 338 g/mol. The Morgan fingerprint density at radius 2 is 1.88 bits per heavy atom. The van der Waals surface area contributed by atoms with Crippen molar-refractivity contribution in [3.8, 4) is 0 Å². The lowest BCUT2D eigenvalue weighted by Gasteiger charge is -2.15. The van der Waals surface area contributed by atoms with E-state index in [2.05, 4.69) is 15.6 Å². The number of rotatable bonds is 5. The Hall–Kier alpha value is -2.05. The molecule has 0 aliphatic heterocycles. The van der Waals surface area contributed by atoms with E-state index in [-0.39, 0.29) is 11.9 Å². The molecule has 1 unspecified atom stereocenters. The Morgan fingerprint density at radius 1 is 1.17 bits per heavy atom. The van der Waals surface area contributed by atoms with Crippen molar-refractivity contribution in [1.29, 1.82) is 0 Å². The Kier molecular flexibility index (Phi) is 5.06. The second-order valence-corrected chi connectivity index (χ2v) is 7.67. The summed E-state index contributed by atoms with van der Waals surface area (Å²) in [5.41, 5.74) is 3.89. The minimum atomic E-state index is -0.336. The van der Waals surface area contributed by atoms with E-state index in [4.69, 9.17) is 0 Å². The van der Waals surface area contributed by atoms with Crippen molar-refractivity contribution in [1.82, 2.24) is 4.98 Å². The topological polar surface area (TPSA) is 54.0 Å². The van der Waals surface area contributed by atoms with Crippen LogP contribution in [0.25, 0.3) is 10.2 Å². The number of fused-ring (bicyclic) bond motifs is 1. The van der Waals surface area contributed by atoms with Crippen molar-refractivity contribution >= 4 is 50.6 Å². The van der Waals surface area contributed by atoms with E-state index in [0.717, 1.165) is 25.9 Å². The number of nitrogens with one attached hydrogen (secondary N) is 2. The van der Waals surface area contributed by atoms with E-state index in [9.17, 15) is 4.79 Å². The molecule has 6 heteroatoms. The monoisotopic (exact) mass is 357 g/mol. The van der Waals surface area contributed by atoms with Gasteiger partial charge in [-0.3, -0.25) is 4.79 Å². The number of hydrogen-bond acceptors (Lipinski definition) is 5. The molecule has 3 aromatic rings. The number of hydrogen-bond donors (Lipinski definition) is 2. The molecule has 1 aromatic heterocycles. The SMILES string of the molecule is CSc1nc2ccc(NC(C)C(=O)Nc3ccc(C)cc3)cc2s1. The van der Waals surface area contributed by atoms with E-state index in [1.807, 2.05) is 62.6 Å². The van der Waals surface area contributed by atoms with Crippen molar-refractivity contribution < 1.29 is 4.79 Å². The lowest BCUT2D eigenvalue weighted by Crippen LogP contribution is -2.31. The number of nitrogens with zero attached hydrogens (tertiary/aromatic N) is 1. The highest BCUT2D eigenvalue weighted by Gasteiger charge is 2.13. The summed E-state index contributed by atoms with van der Waals surface area (Å²) < 4.78 is 2.17. The molecule has 0 saturated heterocycles. The van der Waals surface area contributed by atoms with Gasteiger partial charge >= 0.3 is 0 Å². The molecule has 24 heavy (non-hydrogen) atoms. The van der Waals surface area contributed by atoms with Crippen LogP contribution in [-0.4, -0.2) is 23.2 Å². The number of aromatic nitrogens is 1. The number of anilines is 2. The minimum Gasteiger partial charge on any atom is -0.374 e. The first-order chi connectivity index (χ1) is 11.5. The van der Waals surface area contributed by atoms with Gasteiger partial charge in [-0.1, -0.05) is 29.5 Å². The molecule has 0 radical (unpaired) electrons. The second-order valence-electron chi connectivity index (χ2n) is 5.59. The van der Waals surface area contributed by atoms with E-state index in [1.165, 1.54) is 5.56 Å². The molecule has 1 heterocycles. The summed E-state index contributed by atoms with van der Waals surface area (Å²) in [6.45, 7) is 3.88. The average molecular weight is 358 g/mol. The van der Waals surface area contributed by atoms with Crippen molar-refractivity contribution in [2.45, 2.75) is 24.2 Å². The van der Waals surface area contributed by atoms with Crippen molar-refractivity contribution in [3.05, 3.63) is 48.0 Å². The third-order valence-corrected chi connectivity index (χ3v) is 5.64. The van der Waals surface area contributed by atoms with Gasteiger partial charge in [0, 0.05) is 11.4 Å². The van der Waals surface area contributed by atoms with Gasteiger partial charge in [0.15, 0.2) is 4.34 Å². The number of amides is 1. The van der Waals surface area contributed by atoms with Gasteiger partial charge in [0.25, 0.3) is 0 Å². The fourth-order valence-electron chi connectivity index (χ4n) is 2.28. The molecule has 1 atom stereocenters. The van der Waals surface area contributed by atoms with Crippen molar-refractivity contribution in [2.75, 3.05) is 16.9 Å². The van der Waals surface area contributed by atoms with Gasteiger partial charge in [-0.05, 0) is 50.4 Å². The molecule has 2 N–H and O–H groups in total. The van der Waals surface area contributed by atoms with Crippen molar-refractivity contribution in [3.63, 3.8) is 0 Å². The van der Waals surface area contributed by atoms with Crippen LogP contribution in [0.15, 0.2) is 46.8 Å². The zero-order valence-corrected chi connectivity index (χ0v) is 15.4. The Labute approximate surface area is 149 Å². The number of carbonyl (C=O) groups is 1. The first kappa shape index (κ1) is 16.8. The zero-order valence-electron chi connectivity index (χ0n) is 13.8. The largest absolute Gasteiger partial charge is 0.374 e. The Bertz CT molecular complexity index is 858. The molecule has 1 amide bonds. The van der Waals surface area contributed by atoms with Crippen LogP contribution in [-0.2, 0) is 4.79 Å². The summed E-state index contributed by atoms with van der Waals surface area (Å²) >= 11 is 3.31. The molecular formula is C18H19N3OS2. The van der Waals surface area contributed by atoms with E-state index >= 15 is 0 Å². The summed E-state index contributed by atoms with van der Waals surface area (Å²) in [4.78, 5) is 16.9. The molecule has 0 saturated carbocycles. The molecule has 0 spiro atoms. The highest BCUT2D eigenvalue weighted by molar-refractivity contribution is 8.00. The van der Waals surface area contributed by atoms with Gasteiger partial charge in [0.1, 0.15) is 6.04 Å². The number of aryl methyl sites for hydroxylation is 1. The van der Waals surface area contributed by atoms with Crippen LogP contribution in [0.2, 0.25) is 0 Å². The second kappa shape index (κ2) is 7.23. The fourth-order valence-corrected chi connectivity index (χ4v) is 3.81. The van der Waals surface area contributed by atoms with Gasteiger partial charge in [-0.15, -0.1) is 11.3 Å². The normalized spacial score (nSPS) is 12.1. The van der Waals surface area contributed by atoms with Crippen LogP contribution in [0.1, 0.15) is 12.5 Å². The third kappa shape index (κ3) is 3.88. The summed E-state index contributed by atoms with van der Waals surface area (Å²) in [5.74, 6) is -0.0620. The lowest BCUT2D eigenvalue weighted by molar-refractivity contribution is -0.116. The van der Waals surface area contributed by atoms with Crippen LogP contribution in [0.4, 0.5) is 11.4 Å². The zero-order chi connectivity index (χ0) is 17.1. The number of benzene rings is 2. The highest BCUT2D eigenvalue weighted by atomic mass is 32.2. The Morgan fingerprint density at radius 3 is 2.58 bits per heavy atom. The van der Waals surface area contributed by atoms with Crippen LogP contribution in [0, 0.1) is 6.92 Å². The quantitative estimate of drug-likeness (QED) is 0.646. The molecule has 2 aromatic carbocycles. The fraction of sp³-hybridized carbons (Fsp3) is 0.222. The van der Waals surface area contributed by atoms with Gasteiger partial charge in [0.05, 0.1) is 10.2 Å². The smallest absolute Gasteiger partial charge is 0.246 e. The summed E-state index contributed by atoms with van der Waals surface area (Å²) in [5, 5.41) is 6.18. The van der Waals surface area contributed by atoms with Crippen LogP contribution in [0.5, 0.6) is 0 Å². The maximum atomic E-state index is 12.3. The summed E-state index contributed by atoms with van der Waals surface area (Å²) in [6.07, 6.45) is 2.02. The number of thioether (sulfide) groups is 1. The standard InChI is InChI=1S/C18H19N3OS2/c1-11-4-6-13(7-5-11)20-17(22)12(2)19-14-8-9-15-16(10-14)24-18(21-15)23-3/h4-10,12,19H,1-3H3,(H,20,22). The Balaban J connectivity index is 1.68. The summed E-state index contributed by atoms with van der Waals surface area (Å²) in [6, 6.07) is 13.4. The summed E-state index contributed by atoms with van der Waals surface area (Å²) in [7, 11) is 0.